The minimum atomic E-state index is -1.26. The lowest BCUT2D eigenvalue weighted by Gasteiger charge is -2.25. The van der Waals surface area contributed by atoms with Gasteiger partial charge in [-0.05, 0) is 25.8 Å². The Kier molecular flexibility index (Phi) is 4.99. The van der Waals surface area contributed by atoms with E-state index in [1.54, 1.807) is 31.2 Å². The standard InChI is InChI=1S/C18H22ClN3O3/c1-18(13-9-5-6-10-14(13)19)16(24)22(17(25)21-18)11-15(23)20-12-7-3-2-4-8-12/h5-6,9-10,12H,2-4,7-8,11H2,1H3,(H,20,23)(H,21,25)/t18-/m0/s1. The van der Waals surface area contributed by atoms with Gasteiger partial charge in [0, 0.05) is 16.6 Å². The van der Waals surface area contributed by atoms with E-state index in [0.717, 1.165) is 30.6 Å². The van der Waals surface area contributed by atoms with E-state index >= 15 is 0 Å². The van der Waals surface area contributed by atoms with Gasteiger partial charge in [-0.2, -0.15) is 0 Å². The van der Waals surface area contributed by atoms with Crippen LogP contribution >= 0.6 is 11.6 Å². The van der Waals surface area contributed by atoms with Crippen LogP contribution in [0.15, 0.2) is 24.3 Å². The molecule has 2 N–H and O–H groups in total. The molecule has 7 heteroatoms. The number of carbonyl (C=O) groups excluding carboxylic acids is 3. The summed E-state index contributed by atoms with van der Waals surface area (Å²) in [6, 6.07) is 6.44. The van der Waals surface area contributed by atoms with Crippen molar-refractivity contribution in [2.45, 2.75) is 50.6 Å². The van der Waals surface area contributed by atoms with Gasteiger partial charge in [0.1, 0.15) is 12.1 Å². The summed E-state index contributed by atoms with van der Waals surface area (Å²) >= 11 is 6.19. The molecule has 6 nitrogen and oxygen atoms in total. The first-order valence-corrected chi connectivity index (χ1v) is 8.98. The topological polar surface area (TPSA) is 78.5 Å². The highest BCUT2D eigenvalue weighted by Crippen LogP contribution is 2.33. The molecule has 4 amide bonds. The van der Waals surface area contributed by atoms with E-state index in [4.69, 9.17) is 11.6 Å². The van der Waals surface area contributed by atoms with Gasteiger partial charge >= 0.3 is 6.03 Å². The second kappa shape index (κ2) is 7.04. The van der Waals surface area contributed by atoms with E-state index < -0.39 is 17.5 Å². The first kappa shape index (κ1) is 17.7. The number of nitrogens with one attached hydrogen (secondary N) is 2. The van der Waals surface area contributed by atoms with E-state index in [2.05, 4.69) is 10.6 Å². The second-order valence-corrected chi connectivity index (χ2v) is 7.24. The van der Waals surface area contributed by atoms with Gasteiger partial charge in [0.15, 0.2) is 0 Å². The third kappa shape index (κ3) is 3.49. The second-order valence-electron chi connectivity index (χ2n) is 6.83. The molecule has 1 atom stereocenters. The van der Waals surface area contributed by atoms with E-state index in [9.17, 15) is 14.4 Å². The maximum atomic E-state index is 12.8. The summed E-state index contributed by atoms with van der Waals surface area (Å²) in [7, 11) is 0. The van der Waals surface area contributed by atoms with Crippen LogP contribution in [-0.4, -0.2) is 35.3 Å². The third-order valence-corrected chi connectivity index (χ3v) is 5.29. The molecule has 1 heterocycles. The molecule has 2 aliphatic rings. The molecule has 1 aliphatic heterocycles. The molecular weight excluding hydrogens is 342 g/mol. The molecule has 3 rings (SSSR count). The Hall–Kier alpha value is -2.08. The van der Waals surface area contributed by atoms with Crippen LogP contribution < -0.4 is 10.6 Å². The van der Waals surface area contributed by atoms with Gasteiger partial charge in [0.2, 0.25) is 5.91 Å². The molecule has 1 aromatic rings. The summed E-state index contributed by atoms with van der Waals surface area (Å²) in [5, 5.41) is 5.99. The minimum absolute atomic E-state index is 0.136. The van der Waals surface area contributed by atoms with Crippen molar-refractivity contribution in [2.75, 3.05) is 6.54 Å². The van der Waals surface area contributed by atoms with Gasteiger partial charge in [0.25, 0.3) is 5.91 Å². The predicted octanol–water partition coefficient (Wildman–Crippen LogP) is 2.56. The van der Waals surface area contributed by atoms with Crippen LogP contribution in [0, 0.1) is 0 Å². The first-order chi connectivity index (χ1) is 11.9. The molecule has 0 aromatic heterocycles. The molecule has 1 saturated carbocycles. The van der Waals surface area contributed by atoms with Crippen molar-refractivity contribution < 1.29 is 14.4 Å². The molecular formula is C18H22ClN3O3. The molecule has 25 heavy (non-hydrogen) atoms. The number of carbonyl (C=O) groups is 3. The lowest BCUT2D eigenvalue weighted by molar-refractivity contribution is -0.135. The van der Waals surface area contributed by atoms with Crippen LogP contribution in [0.3, 0.4) is 0 Å². The Balaban J connectivity index is 1.71. The number of amides is 4. The zero-order valence-corrected chi connectivity index (χ0v) is 14.9. The van der Waals surface area contributed by atoms with E-state index in [1.165, 1.54) is 6.42 Å². The van der Waals surface area contributed by atoms with Crippen molar-refractivity contribution in [3.8, 4) is 0 Å². The van der Waals surface area contributed by atoms with Crippen molar-refractivity contribution in [1.29, 1.82) is 0 Å². The summed E-state index contributed by atoms with van der Waals surface area (Å²) in [4.78, 5) is 38.3. The molecule has 1 aromatic carbocycles. The fourth-order valence-corrected chi connectivity index (χ4v) is 3.88. The molecule has 134 valence electrons. The SMILES string of the molecule is C[C@@]1(c2ccccc2Cl)NC(=O)N(CC(=O)NC2CCCCC2)C1=O. The Morgan fingerprint density at radius 2 is 1.96 bits per heavy atom. The number of nitrogens with zero attached hydrogens (tertiary/aromatic N) is 1. The summed E-state index contributed by atoms with van der Waals surface area (Å²) in [6.07, 6.45) is 5.28. The Morgan fingerprint density at radius 1 is 1.28 bits per heavy atom. The van der Waals surface area contributed by atoms with Gasteiger partial charge in [-0.1, -0.05) is 49.1 Å². The van der Waals surface area contributed by atoms with E-state index in [1.807, 2.05) is 0 Å². The quantitative estimate of drug-likeness (QED) is 0.807. The number of benzene rings is 1. The maximum Gasteiger partial charge on any atom is 0.325 e. The van der Waals surface area contributed by atoms with Crippen LogP contribution in [0.25, 0.3) is 0 Å². The average molecular weight is 364 g/mol. The van der Waals surface area contributed by atoms with Crippen LogP contribution in [0.5, 0.6) is 0 Å². The number of urea groups is 1. The van der Waals surface area contributed by atoms with Gasteiger partial charge in [-0.25, -0.2) is 4.79 Å². The van der Waals surface area contributed by atoms with Gasteiger partial charge in [-0.3, -0.25) is 14.5 Å². The lowest BCUT2D eigenvalue weighted by atomic mass is 9.92. The third-order valence-electron chi connectivity index (χ3n) is 4.96. The van der Waals surface area contributed by atoms with Crippen LogP contribution in [0.4, 0.5) is 4.79 Å². The van der Waals surface area contributed by atoms with E-state index in [0.29, 0.717) is 10.6 Å². The predicted molar refractivity (Wildman–Crippen MR) is 94.1 cm³/mol. The lowest BCUT2D eigenvalue weighted by Crippen LogP contribution is -2.46. The van der Waals surface area contributed by atoms with Crippen molar-refractivity contribution in [3.05, 3.63) is 34.9 Å². The van der Waals surface area contributed by atoms with Crippen molar-refractivity contribution >= 4 is 29.4 Å². The summed E-state index contributed by atoms with van der Waals surface area (Å²) in [5.41, 5.74) is -0.745. The molecule has 2 fully saturated rings. The van der Waals surface area contributed by atoms with Gasteiger partial charge in [0.05, 0.1) is 0 Å². The maximum absolute atomic E-state index is 12.8. The molecule has 1 aliphatic carbocycles. The van der Waals surface area contributed by atoms with Crippen LogP contribution in [0.1, 0.15) is 44.6 Å². The largest absolute Gasteiger partial charge is 0.352 e. The Morgan fingerprint density at radius 3 is 2.64 bits per heavy atom. The van der Waals surface area contributed by atoms with Crippen LogP contribution in [0.2, 0.25) is 5.02 Å². The van der Waals surface area contributed by atoms with Gasteiger partial charge in [-0.15, -0.1) is 0 Å². The van der Waals surface area contributed by atoms with Crippen molar-refractivity contribution in [3.63, 3.8) is 0 Å². The average Bonchev–Trinajstić information content (AvgIpc) is 2.80. The van der Waals surface area contributed by atoms with Gasteiger partial charge < -0.3 is 10.6 Å². The molecule has 0 radical (unpaired) electrons. The monoisotopic (exact) mass is 363 g/mol. The highest BCUT2D eigenvalue weighted by molar-refractivity contribution is 6.32. The number of imide groups is 1. The smallest absolute Gasteiger partial charge is 0.325 e. The zero-order chi connectivity index (χ0) is 18.0. The summed E-state index contributed by atoms with van der Waals surface area (Å²) in [6.45, 7) is 1.33. The zero-order valence-electron chi connectivity index (χ0n) is 14.2. The Bertz CT molecular complexity index is 703. The first-order valence-electron chi connectivity index (χ1n) is 8.60. The fraction of sp³-hybridized carbons (Fsp3) is 0.500. The van der Waals surface area contributed by atoms with Crippen LogP contribution in [-0.2, 0) is 15.1 Å². The molecule has 0 unspecified atom stereocenters. The van der Waals surface area contributed by atoms with E-state index in [-0.39, 0.29) is 18.5 Å². The number of halogens is 1. The number of hydrogen-bond acceptors (Lipinski definition) is 3. The molecule has 0 spiro atoms. The minimum Gasteiger partial charge on any atom is -0.352 e. The summed E-state index contributed by atoms with van der Waals surface area (Å²) in [5.74, 6) is -0.775. The molecule has 0 bridgehead atoms. The highest BCUT2D eigenvalue weighted by atomic mass is 35.5. The number of rotatable bonds is 4. The summed E-state index contributed by atoms with van der Waals surface area (Å²) < 4.78 is 0. The highest BCUT2D eigenvalue weighted by Gasteiger charge is 2.50. The molecule has 1 saturated heterocycles. The Labute approximate surface area is 151 Å². The normalized spacial score (nSPS) is 24.3. The van der Waals surface area contributed by atoms with Crippen molar-refractivity contribution in [1.82, 2.24) is 15.5 Å². The van der Waals surface area contributed by atoms with Crippen molar-refractivity contribution in [2.24, 2.45) is 0 Å². The fourth-order valence-electron chi connectivity index (χ4n) is 3.55. The number of hydrogen-bond donors (Lipinski definition) is 2.